The van der Waals surface area contributed by atoms with Crippen molar-refractivity contribution in [2.24, 2.45) is 45.3 Å². The van der Waals surface area contributed by atoms with E-state index in [4.69, 9.17) is 23.7 Å². The zero-order valence-corrected chi connectivity index (χ0v) is 42.3. The number of alkyl halides is 2. The van der Waals surface area contributed by atoms with Gasteiger partial charge in [0.1, 0.15) is 6.61 Å². The fraction of sp³-hybridized carbons (Fsp3) is 0.740. The molecule has 4 N–H and O–H groups in total. The van der Waals surface area contributed by atoms with Crippen LogP contribution < -0.4 is 29.6 Å². The largest absolute Gasteiger partial charge is 1.00 e. The number of rotatable bonds is 5. The molecule has 2 aliphatic heterocycles. The number of aliphatic hydroxyl groups excluding tert-OH is 3. The van der Waals surface area contributed by atoms with Crippen molar-refractivity contribution in [2.75, 3.05) is 13.2 Å². The van der Waals surface area contributed by atoms with Crippen LogP contribution in [0, 0.1) is 45.3 Å². The third-order valence-electron chi connectivity index (χ3n) is 18.6. The number of carbonyl (C=O) groups excluding carboxylic acids is 5. The van der Waals surface area contributed by atoms with Crippen molar-refractivity contribution in [3.05, 3.63) is 47.6 Å². The quantitative estimate of drug-likeness (QED) is 0.266. The van der Waals surface area contributed by atoms with Crippen LogP contribution in [-0.2, 0) is 47.7 Å². The van der Waals surface area contributed by atoms with Crippen LogP contribution in [0.5, 0.6) is 0 Å². The Balaban J connectivity index is 0.000000194. The maximum atomic E-state index is 17.3. The van der Waals surface area contributed by atoms with E-state index in [1.54, 1.807) is 53.7 Å². The second-order valence-corrected chi connectivity index (χ2v) is 22.5. The molecular weight excluding hydrogens is 886 g/mol. The molecule has 8 fully saturated rings. The van der Waals surface area contributed by atoms with E-state index in [9.17, 15) is 39.3 Å². The van der Waals surface area contributed by atoms with E-state index in [1.807, 2.05) is 13.8 Å². The van der Waals surface area contributed by atoms with Crippen LogP contribution in [0.4, 0.5) is 8.78 Å². The van der Waals surface area contributed by atoms with Gasteiger partial charge in [0.15, 0.2) is 58.1 Å². The fourth-order valence-electron chi connectivity index (χ4n) is 16.0. The Morgan fingerprint density at radius 3 is 1.45 bits per heavy atom. The molecule has 0 bridgehead atoms. The molecule has 4 unspecified atom stereocenters. The van der Waals surface area contributed by atoms with E-state index in [1.165, 1.54) is 31.2 Å². The van der Waals surface area contributed by atoms with Gasteiger partial charge in [-0.05, 0) is 129 Å². The summed E-state index contributed by atoms with van der Waals surface area (Å²) in [5.41, 5.74) is -9.48. The Kier molecular flexibility index (Phi) is 12.8. The summed E-state index contributed by atoms with van der Waals surface area (Å²) in [4.78, 5) is 62.2. The average Bonchev–Trinajstić information content (AvgIpc) is 3.83. The van der Waals surface area contributed by atoms with Crippen molar-refractivity contribution in [1.29, 1.82) is 0 Å². The van der Waals surface area contributed by atoms with Gasteiger partial charge in [-0.1, -0.05) is 37.1 Å². The molecule has 0 amide bonds. The predicted molar refractivity (Wildman–Crippen MR) is 229 cm³/mol. The van der Waals surface area contributed by atoms with E-state index in [0.29, 0.717) is 44.1 Å². The summed E-state index contributed by atoms with van der Waals surface area (Å²) in [6.45, 7) is 14.3. The van der Waals surface area contributed by atoms with Crippen LogP contribution in [0.2, 0.25) is 0 Å². The molecule has 67 heavy (non-hydrogen) atoms. The minimum absolute atomic E-state index is 0. The minimum Gasteiger partial charge on any atom is -0.870 e. The number of Topliss-reactive ketones (excluding diaryl/α,β-unsaturated/α-hetero) is 2. The second kappa shape index (κ2) is 16.3. The normalized spacial score (nSPS) is 48.6. The van der Waals surface area contributed by atoms with Gasteiger partial charge in [0.05, 0.1) is 24.4 Å². The zero-order valence-electron chi connectivity index (χ0n) is 40.3. The fourth-order valence-corrected chi connectivity index (χ4v) is 16.0. The molecule has 10 aliphatic rings. The number of halogens is 2. The molecule has 2 heterocycles. The van der Waals surface area contributed by atoms with Crippen molar-refractivity contribution < 1.29 is 107 Å². The summed E-state index contributed by atoms with van der Waals surface area (Å²) < 4.78 is 64.4. The van der Waals surface area contributed by atoms with E-state index in [0.717, 1.165) is 5.57 Å². The van der Waals surface area contributed by atoms with Crippen LogP contribution in [0.1, 0.15) is 114 Å². The van der Waals surface area contributed by atoms with Gasteiger partial charge in [0, 0.05) is 40.4 Å². The number of carbonyl (C=O) groups is 5. The van der Waals surface area contributed by atoms with Gasteiger partial charge in [-0.25, -0.2) is 8.78 Å². The average molecular weight is 951 g/mol. The van der Waals surface area contributed by atoms with Crippen LogP contribution >= 0.6 is 0 Å². The van der Waals surface area contributed by atoms with Crippen LogP contribution in [0.15, 0.2) is 47.6 Å². The number of fused-ring (bicyclic) bond motifs is 14. The summed E-state index contributed by atoms with van der Waals surface area (Å²) in [5, 5.41) is 32.7. The van der Waals surface area contributed by atoms with E-state index >= 15 is 8.78 Å². The van der Waals surface area contributed by atoms with Crippen molar-refractivity contribution in [1.82, 2.24) is 0 Å². The van der Waals surface area contributed by atoms with E-state index in [-0.39, 0.29) is 71.3 Å². The van der Waals surface area contributed by atoms with Gasteiger partial charge < -0.3 is 44.5 Å². The predicted octanol–water partition coefficient (Wildman–Crippen LogP) is 2.24. The molecule has 0 spiro atoms. The molecular formula is C50H65F2NaO14. The first kappa shape index (κ1) is 52.5. The van der Waals surface area contributed by atoms with E-state index in [2.05, 4.69) is 0 Å². The first-order valence-corrected chi connectivity index (χ1v) is 23.3. The summed E-state index contributed by atoms with van der Waals surface area (Å²) in [6, 6.07) is 0. The van der Waals surface area contributed by atoms with Crippen molar-refractivity contribution in [2.45, 2.75) is 172 Å². The Morgan fingerprint density at radius 2 is 1.07 bits per heavy atom. The molecule has 0 aromatic heterocycles. The number of esters is 1. The molecule has 10 rings (SSSR count). The first-order chi connectivity index (χ1) is 30.1. The number of allylic oxidation sites excluding steroid dienone is 8. The Labute approximate surface area is 412 Å². The molecule has 17 heteroatoms. The summed E-state index contributed by atoms with van der Waals surface area (Å²) in [6.07, 6.45) is 7.81. The maximum absolute atomic E-state index is 17.3. The molecule has 0 aromatic carbocycles. The number of ketones is 4. The molecule has 6 saturated carbocycles. The monoisotopic (exact) mass is 950 g/mol. The smallest absolute Gasteiger partial charge is 0.870 e. The third kappa shape index (κ3) is 6.66. The van der Waals surface area contributed by atoms with Crippen molar-refractivity contribution in [3.8, 4) is 0 Å². The molecule has 364 valence electrons. The Hall–Kier alpha value is -2.35. The number of hydrogen-bond donors (Lipinski definition) is 3. The van der Waals surface area contributed by atoms with Crippen molar-refractivity contribution in [3.63, 3.8) is 0 Å². The van der Waals surface area contributed by atoms with Gasteiger partial charge in [0.25, 0.3) is 0 Å². The summed E-state index contributed by atoms with van der Waals surface area (Å²) >= 11 is 0. The van der Waals surface area contributed by atoms with Gasteiger partial charge >= 0.3 is 35.5 Å². The topological polar surface area (TPSA) is 222 Å². The second-order valence-electron chi connectivity index (χ2n) is 22.5. The summed E-state index contributed by atoms with van der Waals surface area (Å²) in [5.74, 6) is -5.56. The van der Waals surface area contributed by atoms with Crippen LogP contribution in [0.25, 0.3) is 0 Å². The molecule has 0 radical (unpaired) electrons. The SMILES string of the molecule is CC(=O)OCC(=O)[C@@]12OC(C)(C)O[C@@H]1CC1C3CCC4=CC(=O)C=C[C@]4(C)[C@@]3(F)[C@@H](O)C[C@@]12C.CC1(C)O[C@@H]2CC3C4CCC5=CC(=O)C=C[C@]5(C)[C@@]4(F)[C@@H](O)C[C@]3(C)[C@]2(C(=O)CO)O1.[Na+].[OH-]. The number of ether oxygens (including phenoxy) is 5. The molecule has 14 nitrogen and oxygen atoms in total. The van der Waals surface area contributed by atoms with Crippen LogP contribution in [-0.4, -0.2) is 122 Å². The van der Waals surface area contributed by atoms with E-state index < -0.39 is 123 Å². The standard InChI is InChI=1S/C26H33FO7.C24H31FO6.Na.H2O/c1-14(28)32-13-20(31)26-21(33-22(2,3)34-26)11-18-17-7-6-15-10-16(29)8-9-23(15,4)25(17,27)19(30)12-24(18,26)5;1-20(2)30-19-10-16-15-6-5-13-9-14(27)7-8-21(13,3)23(15,25)17(28)11-22(16,4)24(19,31-20)18(29)12-26;;/h8-10,17-19,21,30H,6-7,11-13H2,1-5H3;7-9,15-17,19,26,28H,5-6,10-12H2,1-4H3;;1H2/q;;+1;/p-1/t17?,18?,19-,21+,23-,24-,25-,26+;15?,16?,17-,19+,21-,22-,23-,24+;;/m00../s1. The number of hydrogen-bond acceptors (Lipinski definition) is 14. The minimum atomic E-state index is -2.01. The Bertz CT molecular complexity index is 2280. The van der Waals surface area contributed by atoms with Gasteiger partial charge in [-0.3, -0.25) is 24.0 Å². The van der Waals surface area contributed by atoms with Gasteiger partial charge in [0.2, 0.25) is 5.78 Å². The summed E-state index contributed by atoms with van der Waals surface area (Å²) in [7, 11) is 0. The zero-order chi connectivity index (χ0) is 47.5. The number of aliphatic hydroxyl groups is 3. The first-order valence-electron chi connectivity index (χ1n) is 23.3. The third-order valence-corrected chi connectivity index (χ3v) is 18.6. The maximum Gasteiger partial charge on any atom is 1.00 e. The van der Waals surface area contributed by atoms with Gasteiger partial charge in [-0.15, -0.1) is 0 Å². The molecule has 0 aromatic rings. The molecule has 16 atom stereocenters. The van der Waals surface area contributed by atoms with Gasteiger partial charge in [-0.2, -0.15) is 0 Å². The molecule has 8 aliphatic carbocycles. The molecule has 2 saturated heterocycles. The van der Waals surface area contributed by atoms with Crippen molar-refractivity contribution >= 4 is 29.1 Å². The van der Waals surface area contributed by atoms with Crippen LogP contribution in [0.3, 0.4) is 0 Å². The Morgan fingerprint density at radius 1 is 0.687 bits per heavy atom.